The highest BCUT2D eigenvalue weighted by Gasteiger charge is 2.37. The lowest BCUT2D eigenvalue weighted by Crippen LogP contribution is -2.49. The van der Waals surface area contributed by atoms with Crippen molar-refractivity contribution in [1.82, 2.24) is 0 Å². The van der Waals surface area contributed by atoms with E-state index >= 15 is 0 Å². The van der Waals surface area contributed by atoms with Crippen molar-refractivity contribution in [2.24, 2.45) is 0 Å². The highest BCUT2D eigenvalue weighted by Crippen LogP contribution is 2.54. The molecular weight excluding hydrogens is 734 g/mol. The van der Waals surface area contributed by atoms with Crippen molar-refractivity contribution in [2.75, 3.05) is 0 Å². The minimum absolute atomic E-state index is 0.844. The number of hydrogen-bond donors (Lipinski definition) is 2. The van der Waals surface area contributed by atoms with Gasteiger partial charge in [-0.25, -0.2) is 0 Å². The second kappa shape index (κ2) is 15.8. The van der Waals surface area contributed by atoms with Crippen LogP contribution in [0, 0.1) is 0 Å². The number of fused-ring (bicyclic) bond motifs is 6. The van der Waals surface area contributed by atoms with Crippen LogP contribution in [0.1, 0.15) is 55.4 Å². The predicted molar refractivity (Wildman–Crippen MR) is 254 cm³/mol. The van der Waals surface area contributed by atoms with Crippen molar-refractivity contribution in [2.45, 2.75) is 77.8 Å². The Labute approximate surface area is 356 Å². The van der Waals surface area contributed by atoms with E-state index in [2.05, 4.69) is 158 Å². The molecular formula is C54H52B2O4. The summed E-state index contributed by atoms with van der Waals surface area (Å²) >= 11 is 0. The minimum Gasteiger partial charge on any atom is -0.427 e. The quantitative estimate of drug-likeness (QED) is 0.0957. The summed E-state index contributed by atoms with van der Waals surface area (Å²) in [6, 6.07) is 56.1. The van der Waals surface area contributed by atoms with Gasteiger partial charge >= 0.3 is 15.0 Å². The first-order chi connectivity index (χ1) is 28.6. The van der Waals surface area contributed by atoms with E-state index in [0.717, 1.165) is 87.8 Å². The van der Waals surface area contributed by atoms with Gasteiger partial charge in [0.15, 0.2) is 0 Å². The lowest BCUT2D eigenvalue weighted by Gasteiger charge is -2.37. The molecule has 8 aromatic rings. The van der Waals surface area contributed by atoms with E-state index in [9.17, 15) is 10.2 Å². The largest absolute Gasteiger partial charge is 0.427 e. The molecule has 4 nitrogen and oxygen atoms in total. The summed E-state index contributed by atoms with van der Waals surface area (Å²) in [5.41, 5.74) is 6.93. The second-order valence-corrected chi connectivity index (χ2v) is 17.9. The van der Waals surface area contributed by atoms with Crippen molar-refractivity contribution in [3.05, 3.63) is 158 Å². The minimum atomic E-state index is -1.08. The molecule has 0 aromatic heterocycles. The maximum atomic E-state index is 11.0. The molecule has 0 fully saturated rings. The van der Waals surface area contributed by atoms with Gasteiger partial charge in [0, 0.05) is 0 Å². The molecule has 0 aliphatic heterocycles. The van der Waals surface area contributed by atoms with Crippen LogP contribution >= 0.6 is 0 Å². The topological polar surface area (TPSA) is 58.9 Å². The van der Waals surface area contributed by atoms with Crippen LogP contribution in [-0.2, 0) is 9.31 Å². The Kier molecular flexibility index (Phi) is 10.9. The van der Waals surface area contributed by atoms with E-state index in [-0.39, 0.29) is 0 Å². The first-order valence-corrected chi connectivity index (χ1v) is 20.8. The van der Waals surface area contributed by atoms with Crippen LogP contribution in [-0.4, -0.2) is 47.6 Å². The molecule has 0 bridgehead atoms. The van der Waals surface area contributed by atoms with Crippen molar-refractivity contribution < 1.29 is 19.5 Å². The standard InChI is InChI=1S/C54H52B2O4/c1-51(2,57)53(5,6)59-55-39-29-31-41-42-32-30-40(56-60-54(7,8)52(3,4)58)34-44(42)50-48(38-27-19-12-20-28-38)46(36-23-15-10-16-24-36)45(35-21-13-9-14-22-35)47(49(50)43(41)33-39)37-25-17-11-18-26-37/h9-34,57-58H,1-8H3. The maximum absolute atomic E-state index is 11.0. The van der Waals surface area contributed by atoms with Gasteiger partial charge in [0.2, 0.25) is 0 Å². The molecule has 60 heavy (non-hydrogen) atoms. The molecule has 2 radical (unpaired) electrons. The van der Waals surface area contributed by atoms with E-state index < -0.39 is 22.4 Å². The van der Waals surface area contributed by atoms with Gasteiger partial charge in [-0.05, 0) is 132 Å². The molecule has 8 rings (SSSR count). The zero-order chi connectivity index (χ0) is 42.5. The Morgan fingerprint density at radius 1 is 0.350 bits per heavy atom. The normalized spacial score (nSPS) is 12.6. The van der Waals surface area contributed by atoms with Crippen LogP contribution in [0.2, 0.25) is 0 Å². The van der Waals surface area contributed by atoms with Gasteiger partial charge in [-0.15, -0.1) is 0 Å². The molecule has 0 heterocycles. The third-order valence-corrected chi connectivity index (χ3v) is 12.6. The summed E-state index contributed by atoms with van der Waals surface area (Å²) in [6.45, 7) is 14.7. The van der Waals surface area contributed by atoms with E-state index in [0.29, 0.717) is 0 Å². The fourth-order valence-corrected chi connectivity index (χ4v) is 7.74. The summed E-state index contributed by atoms with van der Waals surface area (Å²) in [5.74, 6) is 0. The third kappa shape index (κ3) is 7.70. The Bertz CT molecular complexity index is 2610. The van der Waals surface area contributed by atoms with Gasteiger partial charge in [-0.3, -0.25) is 0 Å². The monoisotopic (exact) mass is 786 g/mol. The SMILES string of the molecule is CC(C)(O)C(C)(C)O[B]c1ccc2c3ccc([B]OC(C)(C)C(C)(C)O)cc3c3c(-c4ccccc4)c(-c4ccccc4)c(-c4ccccc4)c(-c4ccccc4)c3c2c1. The Hall–Kier alpha value is -5.49. The smallest absolute Gasteiger partial charge is 0.330 e. The van der Waals surface area contributed by atoms with Crippen molar-refractivity contribution in [1.29, 1.82) is 0 Å². The average Bonchev–Trinajstić information content (AvgIpc) is 3.24. The first kappa shape index (κ1) is 41.3. The summed E-state index contributed by atoms with van der Waals surface area (Å²) in [4.78, 5) is 0. The Morgan fingerprint density at radius 2 is 0.633 bits per heavy atom. The fourth-order valence-electron chi connectivity index (χ4n) is 7.74. The van der Waals surface area contributed by atoms with Gasteiger partial charge < -0.3 is 19.5 Å². The zero-order valence-electron chi connectivity index (χ0n) is 35.9. The van der Waals surface area contributed by atoms with Crippen LogP contribution < -0.4 is 10.9 Å². The molecule has 8 aromatic carbocycles. The van der Waals surface area contributed by atoms with Gasteiger partial charge in [-0.2, -0.15) is 0 Å². The summed E-state index contributed by atoms with van der Waals surface area (Å²) in [6.07, 6.45) is 0. The molecule has 0 saturated carbocycles. The van der Waals surface area contributed by atoms with Crippen LogP contribution in [0.15, 0.2) is 158 Å². The van der Waals surface area contributed by atoms with E-state index in [1.165, 1.54) is 0 Å². The number of rotatable bonds is 12. The van der Waals surface area contributed by atoms with Gasteiger partial charge in [0.1, 0.15) is 0 Å². The zero-order valence-corrected chi connectivity index (χ0v) is 35.9. The summed E-state index contributed by atoms with van der Waals surface area (Å²) in [5, 5.41) is 28.6. The number of hydrogen-bond acceptors (Lipinski definition) is 4. The molecule has 298 valence electrons. The van der Waals surface area contributed by atoms with Gasteiger partial charge in [0.05, 0.1) is 22.4 Å². The molecule has 0 atom stereocenters. The highest BCUT2D eigenvalue weighted by molar-refractivity contribution is 6.50. The molecule has 0 spiro atoms. The van der Waals surface area contributed by atoms with Crippen LogP contribution in [0.4, 0.5) is 0 Å². The van der Waals surface area contributed by atoms with Gasteiger partial charge in [-0.1, -0.05) is 169 Å². The highest BCUT2D eigenvalue weighted by atomic mass is 16.5. The lowest BCUT2D eigenvalue weighted by atomic mass is 9.74. The van der Waals surface area contributed by atoms with Crippen molar-refractivity contribution in [3.8, 4) is 44.5 Å². The summed E-state index contributed by atoms with van der Waals surface area (Å²) < 4.78 is 12.8. The molecule has 6 heteroatoms. The average molecular weight is 787 g/mol. The fraction of sp³-hybridized carbons (Fsp3) is 0.222. The molecule has 0 amide bonds. The van der Waals surface area contributed by atoms with Crippen LogP contribution in [0.5, 0.6) is 0 Å². The maximum Gasteiger partial charge on any atom is 0.330 e. The molecule has 0 aliphatic carbocycles. The molecule has 0 unspecified atom stereocenters. The number of benzene rings is 8. The molecule has 0 aliphatic rings. The second-order valence-electron chi connectivity index (χ2n) is 17.9. The molecule has 0 saturated heterocycles. The van der Waals surface area contributed by atoms with E-state index in [4.69, 9.17) is 9.31 Å². The third-order valence-electron chi connectivity index (χ3n) is 12.6. The molecule has 2 N–H and O–H groups in total. The first-order valence-electron chi connectivity index (χ1n) is 20.8. The van der Waals surface area contributed by atoms with E-state index in [1.54, 1.807) is 42.7 Å². The Balaban J connectivity index is 1.60. The van der Waals surface area contributed by atoms with Gasteiger partial charge in [0.25, 0.3) is 0 Å². The summed E-state index contributed by atoms with van der Waals surface area (Å²) in [7, 11) is 3.56. The van der Waals surface area contributed by atoms with Crippen LogP contribution in [0.3, 0.4) is 0 Å². The van der Waals surface area contributed by atoms with Crippen molar-refractivity contribution >= 4 is 58.2 Å². The Morgan fingerprint density at radius 3 is 0.917 bits per heavy atom. The van der Waals surface area contributed by atoms with Crippen LogP contribution in [0.25, 0.3) is 76.8 Å². The predicted octanol–water partition coefficient (Wildman–Crippen LogP) is 11.4. The van der Waals surface area contributed by atoms with Crippen molar-refractivity contribution in [3.63, 3.8) is 0 Å². The lowest BCUT2D eigenvalue weighted by molar-refractivity contribution is -0.0893. The number of aliphatic hydroxyl groups is 2. The van der Waals surface area contributed by atoms with E-state index in [1.807, 2.05) is 27.7 Å².